The summed E-state index contributed by atoms with van der Waals surface area (Å²) in [4.78, 5) is 4.25. The lowest BCUT2D eigenvalue weighted by Crippen LogP contribution is -2.19. The maximum absolute atomic E-state index is 15.0. The van der Waals surface area contributed by atoms with E-state index in [9.17, 15) is 14.6 Å². The molecule has 3 heterocycles. The van der Waals surface area contributed by atoms with E-state index in [2.05, 4.69) is 10.1 Å². The van der Waals surface area contributed by atoms with Crippen LogP contribution >= 0.6 is 0 Å². The molecule has 1 unspecified atom stereocenters. The highest BCUT2D eigenvalue weighted by molar-refractivity contribution is 5.69. The van der Waals surface area contributed by atoms with Crippen LogP contribution in [0.3, 0.4) is 0 Å². The van der Waals surface area contributed by atoms with Crippen molar-refractivity contribution in [2.75, 3.05) is 0 Å². The number of nitrogens with zero attached hydrogens (tertiary/aromatic N) is 4. The van der Waals surface area contributed by atoms with Crippen LogP contribution < -0.4 is 0 Å². The highest BCUT2D eigenvalue weighted by atomic mass is 19.2. The average molecular weight is 483 g/mol. The van der Waals surface area contributed by atoms with Crippen LogP contribution in [-0.2, 0) is 26.5 Å². The molecule has 0 saturated heterocycles. The van der Waals surface area contributed by atoms with E-state index < -0.39 is 17.7 Å². The lowest BCUT2D eigenvalue weighted by molar-refractivity contribution is 0.0576. The van der Waals surface area contributed by atoms with Crippen LogP contribution in [-0.4, -0.2) is 29.4 Å². The van der Waals surface area contributed by atoms with Crippen LogP contribution in [0.2, 0.25) is 0 Å². The van der Waals surface area contributed by atoms with E-state index in [1.165, 1.54) is 0 Å². The Morgan fingerprint density at radius 1 is 1.06 bits per heavy atom. The van der Waals surface area contributed by atoms with Crippen molar-refractivity contribution in [1.29, 1.82) is 0 Å². The van der Waals surface area contributed by atoms with E-state index >= 15 is 4.39 Å². The molecule has 1 atom stereocenters. The van der Waals surface area contributed by atoms with E-state index in [1.54, 1.807) is 33.6 Å². The fourth-order valence-electron chi connectivity index (χ4n) is 4.47. The molecule has 2 N–H and O–H groups in total. The van der Waals surface area contributed by atoms with Crippen LogP contribution in [0.25, 0.3) is 16.8 Å². The Labute approximate surface area is 203 Å². The van der Waals surface area contributed by atoms with Crippen molar-refractivity contribution < 1.29 is 19.0 Å². The Bertz CT molecular complexity index is 1370. The fraction of sp³-hybridized carbons (Fsp3) is 0.407. The molecule has 0 fully saturated rings. The predicted octanol–water partition coefficient (Wildman–Crippen LogP) is 5.07. The molecule has 35 heavy (non-hydrogen) atoms. The predicted molar refractivity (Wildman–Crippen MR) is 131 cm³/mol. The molecule has 0 aliphatic rings. The summed E-state index contributed by atoms with van der Waals surface area (Å²) in [7, 11) is 1.84. The van der Waals surface area contributed by atoms with Gasteiger partial charge in [0, 0.05) is 18.9 Å². The summed E-state index contributed by atoms with van der Waals surface area (Å²) >= 11 is 0. The second-order valence-corrected chi connectivity index (χ2v) is 10.1. The van der Waals surface area contributed by atoms with Crippen molar-refractivity contribution in [3.05, 3.63) is 76.5 Å². The monoisotopic (exact) mass is 482 g/mol. The van der Waals surface area contributed by atoms with Crippen molar-refractivity contribution in [2.24, 2.45) is 12.5 Å². The average Bonchev–Trinajstić information content (AvgIpc) is 3.35. The van der Waals surface area contributed by atoms with Crippen molar-refractivity contribution in [3.63, 3.8) is 0 Å². The summed E-state index contributed by atoms with van der Waals surface area (Å²) in [5.41, 5.74) is 5.04. The molecular formula is C27H32F2N4O2. The third kappa shape index (κ3) is 4.73. The van der Waals surface area contributed by atoms with Crippen molar-refractivity contribution in [3.8, 4) is 11.1 Å². The zero-order valence-electron chi connectivity index (χ0n) is 20.8. The SMILES string of the molecule is Cc1c(CCCc2c(-c3ccc4ncc(CO)n4c3)ccc(F)c2F)c(C(O)C(C)(C)C)nn1C. The normalized spacial score (nSPS) is 13.1. The van der Waals surface area contributed by atoms with Gasteiger partial charge in [-0.2, -0.15) is 5.10 Å². The molecule has 1 aromatic carbocycles. The Balaban J connectivity index is 1.65. The summed E-state index contributed by atoms with van der Waals surface area (Å²) in [5, 5.41) is 25.0. The number of benzene rings is 1. The Hall–Kier alpha value is -3.10. The van der Waals surface area contributed by atoms with Crippen LogP contribution in [0.4, 0.5) is 8.78 Å². The second kappa shape index (κ2) is 9.51. The number of aryl methyl sites for hydroxylation is 1. The Morgan fingerprint density at radius 3 is 2.46 bits per heavy atom. The number of aliphatic hydroxyl groups excluding tert-OH is 2. The van der Waals surface area contributed by atoms with Gasteiger partial charge in [-0.25, -0.2) is 13.8 Å². The second-order valence-electron chi connectivity index (χ2n) is 10.1. The molecule has 0 radical (unpaired) electrons. The van der Waals surface area contributed by atoms with Gasteiger partial charge in [0.25, 0.3) is 0 Å². The van der Waals surface area contributed by atoms with E-state index in [0.717, 1.165) is 17.3 Å². The Kier molecular flexibility index (Phi) is 6.79. The summed E-state index contributed by atoms with van der Waals surface area (Å²) in [6, 6.07) is 6.35. The van der Waals surface area contributed by atoms with Gasteiger partial charge >= 0.3 is 0 Å². The number of halogens is 2. The zero-order chi connectivity index (χ0) is 25.5. The summed E-state index contributed by atoms with van der Waals surface area (Å²) in [6.07, 6.45) is 4.08. The summed E-state index contributed by atoms with van der Waals surface area (Å²) in [5.74, 6) is -1.74. The van der Waals surface area contributed by atoms with Gasteiger partial charge in [-0.15, -0.1) is 0 Å². The summed E-state index contributed by atoms with van der Waals surface area (Å²) in [6.45, 7) is 7.65. The number of aromatic nitrogens is 4. The molecule has 0 saturated carbocycles. The van der Waals surface area contributed by atoms with Gasteiger partial charge in [0.2, 0.25) is 0 Å². The highest BCUT2D eigenvalue weighted by Crippen LogP contribution is 2.35. The van der Waals surface area contributed by atoms with E-state index in [1.807, 2.05) is 40.8 Å². The zero-order valence-corrected chi connectivity index (χ0v) is 20.8. The van der Waals surface area contributed by atoms with Crippen LogP contribution in [0, 0.1) is 24.0 Å². The standard InChI is InChI=1S/C27H32F2N4O2/c1-16-19(25(31-32(16)5)26(35)27(2,3)4)7-6-8-21-20(10-11-22(28)24(21)29)17-9-12-23-30-13-18(15-34)33(23)14-17/h9-14,26,34-35H,6-8,15H2,1-5H3. The molecule has 0 amide bonds. The number of fused-ring (bicyclic) bond motifs is 1. The van der Waals surface area contributed by atoms with Gasteiger partial charge in [-0.1, -0.05) is 26.8 Å². The minimum atomic E-state index is -0.884. The van der Waals surface area contributed by atoms with Gasteiger partial charge in [0.05, 0.1) is 24.2 Å². The first-order valence-electron chi connectivity index (χ1n) is 11.8. The van der Waals surface area contributed by atoms with Crippen LogP contribution in [0.15, 0.2) is 36.7 Å². The largest absolute Gasteiger partial charge is 0.390 e. The molecule has 4 aromatic rings. The molecule has 0 bridgehead atoms. The maximum atomic E-state index is 15.0. The fourth-order valence-corrected chi connectivity index (χ4v) is 4.47. The number of imidazole rings is 1. The van der Waals surface area contributed by atoms with Gasteiger partial charge in [-0.3, -0.25) is 4.68 Å². The minimum Gasteiger partial charge on any atom is -0.390 e. The van der Waals surface area contributed by atoms with Gasteiger partial charge in [-0.05, 0) is 72.1 Å². The molecule has 4 rings (SSSR count). The molecular weight excluding hydrogens is 450 g/mol. The van der Waals surface area contributed by atoms with Crippen LogP contribution in [0.1, 0.15) is 61.5 Å². The third-order valence-electron chi connectivity index (χ3n) is 6.67. The lowest BCUT2D eigenvalue weighted by atomic mass is 9.85. The first kappa shape index (κ1) is 25.0. The molecule has 0 spiro atoms. The molecule has 0 aliphatic heterocycles. The topological polar surface area (TPSA) is 75.6 Å². The van der Waals surface area contributed by atoms with Crippen molar-refractivity contribution in [2.45, 2.75) is 59.7 Å². The lowest BCUT2D eigenvalue weighted by Gasteiger charge is -2.25. The molecule has 186 valence electrons. The third-order valence-corrected chi connectivity index (χ3v) is 6.67. The van der Waals surface area contributed by atoms with E-state index in [0.29, 0.717) is 53.0 Å². The first-order valence-corrected chi connectivity index (χ1v) is 11.8. The number of rotatable bonds is 7. The van der Waals surface area contributed by atoms with Gasteiger partial charge in [0.15, 0.2) is 11.6 Å². The van der Waals surface area contributed by atoms with Crippen molar-refractivity contribution >= 4 is 5.65 Å². The van der Waals surface area contributed by atoms with E-state index in [-0.39, 0.29) is 12.0 Å². The first-order chi connectivity index (χ1) is 16.5. The van der Waals surface area contributed by atoms with E-state index in [4.69, 9.17) is 0 Å². The number of hydrogen-bond donors (Lipinski definition) is 2. The number of pyridine rings is 1. The van der Waals surface area contributed by atoms with Gasteiger partial charge < -0.3 is 14.6 Å². The van der Waals surface area contributed by atoms with Crippen LogP contribution in [0.5, 0.6) is 0 Å². The number of hydrogen-bond acceptors (Lipinski definition) is 4. The molecule has 3 aromatic heterocycles. The maximum Gasteiger partial charge on any atom is 0.162 e. The highest BCUT2D eigenvalue weighted by Gasteiger charge is 2.29. The molecule has 0 aliphatic carbocycles. The number of aliphatic hydroxyl groups is 2. The summed E-state index contributed by atoms with van der Waals surface area (Å²) < 4.78 is 32.8. The quantitative estimate of drug-likeness (QED) is 0.386. The minimum absolute atomic E-state index is 0.178. The molecule has 6 nitrogen and oxygen atoms in total. The van der Waals surface area contributed by atoms with Gasteiger partial charge in [0.1, 0.15) is 11.8 Å². The molecule has 8 heteroatoms. The van der Waals surface area contributed by atoms with Crippen molar-refractivity contribution in [1.82, 2.24) is 19.2 Å². The Morgan fingerprint density at radius 2 is 1.77 bits per heavy atom. The smallest absolute Gasteiger partial charge is 0.162 e.